The number of nitrogens with one attached hydrogen (secondary N) is 1. The van der Waals surface area contributed by atoms with Crippen LogP contribution in [-0.2, 0) is 45.8 Å². The first kappa shape index (κ1) is 35.7. The molecule has 47 heavy (non-hydrogen) atoms. The highest BCUT2D eigenvalue weighted by Crippen LogP contribution is 2.47. The topological polar surface area (TPSA) is 142 Å². The van der Waals surface area contributed by atoms with E-state index in [1.165, 1.54) is 42.0 Å². The van der Waals surface area contributed by atoms with Crippen LogP contribution in [0.15, 0.2) is 42.6 Å². The van der Waals surface area contributed by atoms with E-state index in [2.05, 4.69) is 5.32 Å². The van der Waals surface area contributed by atoms with Crippen molar-refractivity contribution >= 4 is 47.6 Å². The van der Waals surface area contributed by atoms with Crippen molar-refractivity contribution in [3.63, 3.8) is 0 Å². The van der Waals surface area contributed by atoms with Gasteiger partial charge in [0.2, 0.25) is 18.6 Å². The lowest BCUT2D eigenvalue weighted by Crippen LogP contribution is -2.46. The molecule has 4 rings (SSSR count). The first-order chi connectivity index (χ1) is 22.2. The first-order valence-electron chi connectivity index (χ1n) is 15.1. The average molecular weight is 678 g/mol. The van der Waals surface area contributed by atoms with E-state index in [0.717, 1.165) is 4.90 Å². The highest BCUT2D eigenvalue weighted by Gasteiger charge is 2.40. The third-order valence-corrected chi connectivity index (χ3v) is 9.45. The molecule has 2 amide bonds. The number of ether oxygens (including phenoxy) is 2. The highest BCUT2D eigenvalue weighted by atomic mass is 31.2. The Morgan fingerprint density at radius 2 is 1.87 bits per heavy atom. The molecule has 12 nitrogen and oxygen atoms in total. The van der Waals surface area contributed by atoms with Crippen LogP contribution in [0.25, 0.3) is 10.9 Å². The largest absolute Gasteiger partial charge is 0.510 e. The highest BCUT2D eigenvalue weighted by molar-refractivity contribution is 7.62. The van der Waals surface area contributed by atoms with E-state index in [0.29, 0.717) is 16.5 Å². The number of halogens is 2. The molecule has 0 bridgehead atoms. The SMILES string of the molecule is CCOP(=O)(OCOC(=O)OC(C)C)c1ccc2c(C(C)=O)cn(CC(=O)N3C[C@H](F)C[C@H]3C(=O)NCc3cccc(C)c3F)c2c1. The molecule has 2 aromatic carbocycles. The van der Waals surface area contributed by atoms with Gasteiger partial charge in [-0.1, -0.05) is 24.3 Å². The summed E-state index contributed by atoms with van der Waals surface area (Å²) in [6.45, 7) is 6.18. The van der Waals surface area contributed by atoms with Crippen LogP contribution in [0.2, 0.25) is 0 Å². The molecule has 0 spiro atoms. The van der Waals surface area contributed by atoms with E-state index < -0.39 is 56.5 Å². The average Bonchev–Trinajstić information content (AvgIpc) is 3.58. The van der Waals surface area contributed by atoms with Crippen molar-refractivity contribution in [2.24, 2.45) is 0 Å². The van der Waals surface area contributed by atoms with Crippen LogP contribution < -0.4 is 10.6 Å². The number of benzene rings is 2. The second kappa shape index (κ2) is 15.2. The quantitative estimate of drug-likeness (QED) is 0.115. The van der Waals surface area contributed by atoms with Crippen molar-refractivity contribution in [2.75, 3.05) is 19.9 Å². The van der Waals surface area contributed by atoms with Gasteiger partial charge in [0.05, 0.1) is 30.1 Å². The molecule has 1 aromatic heterocycles. The second-order valence-electron chi connectivity index (χ2n) is 11.3. The number of hydrogen-bond donors (Lipinski definition) is 1. The number of rotatable bonds is 13. The summed E-state index contributed by atoms with van der Waals surface area (Å²) >= 11 is 0. The van der Waals surface area contributed by atoms with Crippen LogP contribution in [0.5, 0.6) is 0 Å². The summed E-state index contributed by atoms with van der Waals surface area (Å²) in [4.78, 5) is 52.0. The predicted molar refractivity (Wildman–Crippen MR) is 167 cm³/mol. The van der Waals surface area contributed by atoms with Crippen molar-refractivity contribution in [3.05, 3.63) is 65.1 Å². The molecule has 0 saturated carbocycles. The minimum absolute atomic E-state index is 0.0245. The third kappa shape index (κ3) is 8.43. The summed E-state index contributed by atoms with van der Waals surface area (Å²) in [6, 6.07) is 8.04. The van der Waals surface area contributed by atoms with Crippen LogP contribution in [0, 0.1) is 12.7 Å². The fourth-order valence-electron chi connectivity index (χ4n) is 5.28. The van der Waals surface area contributed by atoms with E-state index in [1.54, 1.807) is 39.8 Å². The van der Waals surface area contributed by atoms with Crippen molar-refractivity contribution in [1.29, 1.82) is 0 Å². The number of Topliss-reactive ketones (excluding diaryl/α,β-unsaturated/α-hetero) is 1. The Morgan fingerprint density at radius 3 is 2.55 bits per heavy atom. The van der Waals surface area contributed by atoms with Crippen LogP contribution in [0.4, 0.5) is 13.6 Å². The maximum atomic E-state index is 14.6. The molecule has 254 valence electrons. The minimum Gasteiger partial charge on any atom is -0.432 e. The maximum absolute atomic E-state index is 14.6. The summed E-state index contributed by atoms with van der Waals surface area (Å²) in [5, 5.41) is 3.10. The lowest BCUT2D eigenvalue weighted by Gasteiger charge is -2.24. The van der Waals surface area contributed by atoms with Gasteiger partial charge >= 0.3 is 13.8 Å². The zero-order chi connectivity index (χ0) is 34.5. The standard InChI is InChI=1S/C32H38F2N3O9P/c1-6-44-47(42,45-18-43-32(41)46-19(2)3)24-10-11-25-26(21(5)38)16-36(27(25)13-24)17-29(39)37-15-23(33)12-28(37)31(40)35-14-22-9-7-8-20(4)30(22)34/h7-11,13,16,19,23,28H,6,12,14-15,17-18H2,1-5H3,(H,35,40)/t23-,28+,47?/m1/s1. The Kier molecular flexibility index (Phi) is 11.5. The molecule has 1 fully saturated rings. The molecule has 3 aromatic rings. The minimum atomic E-state index is -4.08. The van der Waals surface area contributed by atoms with Crippen LogP contribution >= 0.6 is 7.60 Å². The number of nitrogens with zero attached hydrogens (tertiary/aromatic N) is 2. The summed E-state index contributed by atoms with van der Waals surface area (Å²) in [5.74, 6) is -2.00. The Hall–Kier alpha value is -4.13. The smallest absolute Gasteiger partial charge is 0.432 e. The molecule has 1 aliphatic rings. The van der Waals surface area contributed by atoms with E-state index in [4.69, 9.17) is 18.5 Å². The van der Waals surface area contributed by atoms with Crippen molar-refractivity contribution < 1.29 is 51.0 Å². The molecule has 15 heteroatoms. The fourth-order valence-corrected chi connectivity index (χ4v) is 6.72. The fraction of sp³-hybridized carbons (Fsp3) is 0.438. The number of ketones is 1. The zero-order valence-corrected chi connectivity index (χ0v) is 27.7. The molecule has 2 heterocycles. The molecule has 1 saturated heterocycles. The van der Waals surface area contributed by atoms with Gasteiger partial charge in [-0.25, -0.2) is 13.6 Å². The molecule has 0 aliphatic carbocycles. The predicted octanol–water partition coefficient (Wildman–Crippen LogP) is 4.94. The van der Waals surface area contributed by atoms with Gasteiger partial charge in [-0.15, -0.1) is 0 Å². The number of amides is 2. The summed E-state index contributed by atoms with van der Waals surface area (Å²) in [7, 11) is -4.08. The first-order valence-corrected chi connectivity index (χ1v) is 16.6. The molecular weight excluding hydrogens is 639 g/mol. The lowest BCUT2D eigenvalue weighted by molar-refractivity contribution is -0.139. The van der Waals surface area contributed by atoms with E-state index >= 15 is 0 Å². The molecule has 1 aliphatic heterocycles. The van der Waals surface area contributed by atoms with Crippen LogP contribution in [0.3, 0.4) is 0 Å². The Morgan fingerprint density at radius 1 is 1.13 bits per heavy atom. The third-order valence-electron chi connectivity index (χ3n) is 7.50. The molecule has 1 unspecified atom stereocenters. The number of hydrogen-bond acceptors (Lipinski definition) is 9. The van der Waals surface area contributed by atoms with Crippen LogP contribution in [0.1, 0.15) is 55.6 Å². The van der Waals surface area contributed by atoms with Crippen LogP contribution in [-0.4, -0.2) is 71.5 Å². The lowest BCUT2D eigenvalue weighted by atomic mass is 10.1. The van der Waals surface area contributed by atoms with Gasteiger partial charge in [0.1, 0.15) is 24.6 Å². The number of carbonyl (C=O) groups excluding carboxylic acids is 4. The maximum Gasteiger partial charge on any atom is 0.510 e. The monoisotopic (exact) mass is 677 g/mol. The second-order valence-corrected chi connectivity index (χ2v) is 13.3. The van der Waals surface area contributed by atoms with E-state index in [9.17, 15) is 32.5 Å². The van der Waals surface area contributed by atoms with Crippen molar-refractivity contribution in [3.8, 4) is 0 Å². The van der Waals surface area contributed by atoms with Crippen molar-refractivity contribution in [2.45, 2.75) is 72.4 Å². The zero-order valence-electron chi connectivity index (χ0n) is 26.8. The molecule has 3 atom stereocenters. The summed E-state index contributed by atoms with van der Waals surface area (Å²) < 4.78 is 64.8. The van der Waals surface area contributed by atoms with Gasteiger partial charge in [0, 0.05) is 35.7 Å². The van der Waals surface area contributed by atoms with E-state index in [1.807, 2.05) is 0 Å². The number of fused-ring (bicyclic) bond motifs is 1. The number of likely N-dealkylation sites (tertiary alicyclic amines) is 1. The number of carbonyl (C=O) groups is 4. The summed E-state index contributed by atoms with van der Waals surface area (Å²) in [6.07, 6.45) is -1.71. The van der Waals surface area contributed by atoms with Crippen molar-refractivity contribution in [1.82, 2.24) is 14.8 Å². The van der Waals surface area contributed by atoms with Gasteiger partial charge < -0.3 is 28.8 Å². The summed E-state index contributed by atoms with van der Waals surface area (Å²) in [5.41, 5.74) is 1.25. The van der Waals surface area contributed by atoms with E-state index in [-0.39, 0.29) is 54.9 Å². The Labute approximate surface area is 270 Å². The van der Waals surface area contributed by atoms with Gasteiger partial charge in [-0.05, 0) is 52.3 Å². The Bertz CT molecular complexity index is 1710. The Balaban J connectivity index is 1.57. The number of aryl methyl sites for hydroxylation is 1. The molecule has 0 radical (unpaired) electrons. The number of alkyl halides is 1. The van der Waals surface area contributed by atoms with Gasteiger partial charge in [0.15, 0.2) is 5.78 Å². The van der Waals surface area contributed by atoms with Gasteiger partial charge in [0.25, 0.3) is 0 Å². The molecular formula is C32H38F2N3O9P. The van der Waals surface area contributed by atoms with Gasteiger partial charge in [-0.3, -0.25) is 23.5 Å². The van der Waals surface area contributed by atoms with Gasteiger partial charge in [-0.2, -0.15) is 0 Å². The number of aromatic nitrogens is 1. The normalized spacial score (nSPS) is 17.5. The molecule has 1 N–H and O–H groups in total.